The van der Waals surface area contributed by atoms with Crippen molar-refractivity contribution in [3.05, 3.63) is 79.4 Å². The molecule has 1 atom stereocenters. The fraction of sp³-hybridized carbons (Fsp3) is 0.192. The highest BCUT2D eigenvalue weighted by Crippen LogP contribution is 2.29. The number of nitrogens with zero attached hydrogens (tertiary/aromatic N) is 4. The van der Waals surface area contributed by atoms with Gasteiger partial charge in [0.1, 0.15) is 5.60 Å². The van der Waals surface area contributed by atoms with Crippen molar-refractivity contribution in [2.45, 2.75) is 5.60 Å². The van der Waals surface area contributed by atoms with Gasteiger partial charge in [-0.05, 0) is 30.3 Å². The van der Waals surface area contributed by atoms with Crippen LogP contribution in [0.1, 0.15) is 5.69 Å². The summed E-state index contributed by atoms with van der Waals surface area (Å²) >= 11 is 0. The Morgan fingerprint density at radius 3 is 2.83 bits per heavy atom. The van der Waals surface area contributed by atoms with Crippen LogP contribution in [0.3, 0.4) is 0 Å². The Morgan fingerprint density at radius 2 is 2.08 bits per heavy atom. The molecule has 36 heavy (non-hydrogen) atoms. The molecule has 0 bridgehead atoms. The molecule has 182 valence electrons. The first-order chi connectivity index (χ1) is 17.6. The summed E-state index contributed by atoms with van der Waals surface area (Å²) < 4.78 is 5.97. The lowest BCUT2D eigenvalue weighted by atomic mass is 9.97. The van der Waals surface area contributed by atoms with Crippen molar-refractivity contribution in [3.63, 3.8) is 0 Å². The molecule has 1 fully saturated rings. The number of fused-ring (bicyclic) bond motifs is 1. The Kier molecular flexibility index (Phi) is 6.63. The van der Waals surface area contributed by atoms with E-state index in [4.69, 9.17) is 15.5 Å². The lowest BCUT2D eigenvalue weighted by molar-refractivity contribution is -0.111. The molecule has 3 aromatic heterocycles. The number of para-hydroxylation sites is 1. The van der Waals surface area contributed by atoms with Crippen LogP contribution in [0.25, 0.3) is 22.2 Å². The van der Waals surface area contributed by atoms with E-state index in [2.05, 4.69) is 37.5 Å². The van der Waals surface area contributed by atoms with Gasteiger partial charge in [0.25, 0.3) is 0 Å². The number of rotatable bonds is 7. The topological polar surface area (TPSA) is 140 Å². The molecule has 1 aliphatic rings. The molecule has 10 heteroatoms. The summed E-state index contributed by atoms with van der Waals surface area (Å²) in [7, 11) is 0. The predicted molar refractivity (Wildman–Crippen MR) is 139 cm³/mol. The van der Waals surface area contributed by atoms with E-state index < -0.39 is 5.60 Å². The molecule has 1 aromatic carbocycles. The van der Waals surface area contributed by atoms with Crippen molar-refractivity contribution in [1.29, 1.82) is 0 Å². The molecule has 0 aliphatic carbocycles. The number of hydrogen-bond donors (Lipinski definition) is 4. The lowest BCUT2D eigenvalue weighted by Crippen LogP contribution is -2.52. The number of morpholine rings is 1. The number of carbonyl (C=O) groups is 1. The summed E-state index contributed by atoms with van der Waals surface area (Å²) in [5, 5.41) is 10.2. The number of anilines is 3. The summed E-state index contributed by atoms with van der Waals surface area (Å²) in [6.45, 7) is 5.83. The minimum Gasteiger partial charge on any atom is -0.365 e. The van der Waals surface area contributed by atoms with Gasteiger partial charge in [-0.3, -0.25) is 14.8 Å². The molecular weight excluding hydrogens is 456 g/mol. The van der Waals surface area contributed by atoms with Crippen LogP contribution in [0.5, 0.6) is 0 Å². The third-order valence-electron chi connectivity index (χ3n) is 5.98. The normalized spacial score (nSPS) is 17.5. The standard InChI is InChI=1S/C26H26N8O2/c1-2-23(35)32-18-8-9-29-21(12-18)20-5-3-4-17-13-31-25(34-24(17)20)33-19-6-7-22(30-14-19)26(15-27)16-28-10-11-36-26/h2-9,12-14,28H,1,10-11,15-16,27H2,(H,29,32,35)(H,31,33,34)/t26-/m1/s1. The van der Waals surface area contributed by atoms with Gasteiger partial charge in [-0.1, -0.05) is 24.8 Å². The zero-order chi connectivity index (χ0) is 25.0. The number of ether oxygens (including phenoxy) is 1. The summed E-state index contributed by atoms with van der Waals surface area (Å²) in [6, 6.07) is 13.1. The number of nitrogens with two attached hydrogens (primary N) is 1. The molecule has 1 amide bonds. The molecule has 10 nitrogen and oxygen atoms in total. The van der Waals surface area contributed by atoms with Crippen molar-refractivity contribution >= 4 is 34.1 Å². The molecule has 4 heterocycles. The van der Waals surface area contributed by atoms with Gasteiger partial charge in [0.05, 0.1) is 35.4 Å². The minimum absolute atomic E-state index is 0.290. The Morgan fingerprint density at radius 1 is 1.17 bits per heavy atom. The quantitative estimate of drug-likeness (QED) is 0.293. The van der Waals surface area contributed by atoms with Crippen molar-refractivity contribution < 1.29 is 9.53 Å². The van der Waals surface area contributed by atoms with Crippen LogP contribution in [-0.4, -0.2) is 52.1 Å². The summed E-state index contributed by atoms with van der Waals surface area (Å²) in [6.07, 6.45) is 6.33. The van der Waals surface area contributed by atoms with Gasteiger partial charge in [-0.25, -0.2) is 9.97 Å². The van der Waals surface area contributed by atoms with Gasteiger partial charge in [0.15, 0.2) is 0 Å². The first-order valence-electron chi connectivity index (χ1n) is 11.5. The van der Waals surface area contributed by atoms with E-state index in [1.165, 1.54) is 6.08 Å². The minimum atomic E-state index is -0.627. The summed E-state index contributed by atoms with van der Waals surface area (Å²) in [5.41, 5.74) is 9.73. The average Bonchev–Trinajstić information content (AvgIpc) is 2.93. The van der Waals surface area contributed by atoms with Crippen LogP contribution in [0, 0.1) is 0 Å². The number of benzene rings is 1. The number of carbonyl (C=O) groups excluding carboxylic acids is 1. The first-order valence-corrected chi connectivity index (χ1v) is 11.5. The third kappa shape index (κ3) is 4.78. The number of nitrogens with one attached hydrogen (secondary N) is 3. The highest BCUT2D eigenvalue weighted by Gasteiger charge is 2.35. The average molecular weight is 483 g/mol. The first kappa shape index (κ1) is 23.5. The van der Waals surface area contributed by atoms with E-state index in [1.54, 1.807) is 30.7 Å². The molecular formula is C26H26N8O2. The maximum absolute atomic E-state index is 11.7. The van der Waals surface area contributed by atoms with Gasteiger partial charge in [-0.15, -0.1) is 0 Å². The van der Waals surface area contributed by atoms with E-state index in [0.29, 0.717) is 37.0 Å². The zero-order valence-electron chi connectivity index (χ0n) is 19.6. The van der Waals surface area contributed by atoms with Crippen LogP contribution in [0.4, 0.5) is 17.3 Å². The van der Waals surface area contributed by atoms with E-state index in [-0.39, 0.29) is 5.91 Å². The van der Waals surface area contributed by atoms with Crippen molar-refractivity contribution in [1.82, 2.24) is 25.3 Å². The maximum Gasteiger partial charge on any atom is 0.247 e. The van der Waals surface area contributed by atoms with E-state index >= 15 is 0 Å². The second kappa shape index (κ2) is 10.2. The number of pyridine rings is 2. The van der Waals surface area contributed by atoms with Gasteiger partial charge in [-0.2, -0.15) is 0 Å². The Bertz CT molecular complexity index is 1400. The molecule has 5 rings (SSSR count). The highest BCUT2D eigenvalue weighted by molar-refractivity contribution is 5.99. The van der Waals surface area contributed by atoms with E-state index in [1.807, 2.05) is 30.3 Å². The molecule has 1 aliphatic heterocycles. The third-order valence-corrected chi connectivity index (χ3v) is 5.98. The predicted octanol–water partition coefficient (Wildman–Crippen LogP) is 2.73. The van der Waals surface area contributed by atoms with Crippen LogP contribution < -0.4 is 21.7 Å². The molecule has 0 unspecified atom stereocenters. The number of hydrogen-bond acceptors (Lipinski definition) is 9. The van der Waals surface area contributed by atoms with Gasteiger partial charge < -0.3 is 26.4 Å². The van der Waals surface area contributed by atoms with Crippen molar-refractivity contribution in [2.24, 2.45) is 5.73 Å². The van der Waals surface area contributed by atoms with Crippen molar-refractivity contribution in [2.75, 3.05) is 36.9 Å². The van der Waals surface area contributed by atoms with Gasteiger partial charge >= 0.3 is 0 Å². The van der Waals surface area contributed by atoms with E-state index in [0.717, 1.165) is 34.4 Å². The zero-order valence-corrected chi connectivity index (χ0v) is 19.6. The summed E-state index contributed by atoms with van der Waals surface area (Å²) in [5.74, 6) is 0.131. The summed E-state index contributed by atoms with van der Waals surface area (Å²) in [4.78, 5) is 30.0. The molecule has 5 N–H and O–H groups in total. The van der Waals surface area contributed by atoms with Gasteiger partial charge in [0.2, 0.25) is 11.9 Å². The fourth-order valence-electron chi connectivity index (χ4n) is 4.10. The van der Waals surface area contributed by atoms with Crippen molar-refractivity contribution in [3.8, 4) is 11.3 Å². The molecule has 0 radical (unpaired) electrons. The van der Waals surface area contributed by atoms with Crippen LogP contribution in [-0.2, 0) is 15.1 Å². The molecule has 1 saturated heterocycles. The fourth-order valence-corrected chi connectivity index (χ4v) is 4.10. The smallest absolute Gasteiger partial charge is 0.247 e. The van der Waals surface area contributed by atoms with Crippen LogP contribution >= 0.6 is 0 Å². The number of amides is 1. The molecule has 4 aromatic rings. The monoisotopic (exact) mass is 482 g/mol. The maximum atomic E-state index is 11.7. The molecule has 0 saturated carbocycles. The van der Waals surface area contributed by atoms with Crippen LogP contribution in [0.15, 0.2) is 73.7 Å². The number of aromatic nitrogens is 4. The Hall–Kier alpha value is -4.25. The van der Waals surface area contributed by atoms with Gasteiger partial charge in [0, 0.05) is 48.7 Å². The highest BCUT2D eigenvalue weighted by atomic mass is 16.5. The lowest BCUT2D eigenvalue weighted by Gasteiger charge is -2.36. The molecule has 0 spiro atoms. The SMILES string of the molecule is C=CC(=O)Nc1ccnc(-c2cccc3cnc(Nc4ccc([C@@]5(CN)CNCCO5)nc4)nc23)c1. The Balaban J connectivity index is 1.42. The van der Waals surface area contributed by atoms with Crippen LogP contribution in [0.2, 0.25) is 0 Å². The second-order valence-corrected chi connectivity index (χ2v) is 8.34. The second-order valence-electron chi connectivity index (χ2n) is 8.34. The largest absolute Gasteiger partial charge is 0.365 e. The van der Waals surface area contributed by atoms with E-state index in [9.17, 15) is 4.79 Å². The Labute approximate surface area is 208 Å².